The monoisotopic (exact) mass is 337 g/mol. The highest BCUT2D eigenvalue weighted by atomic mass is 32.2. The molecule has 124 valence electrons. The number of aromatic amines is 1. The molecule has 1 heterocycles. The molecule has 0 saturated heterocycles. The number of fused-ring (bicyclic) bond motifs is 1. The number of rotatable bonds is 5. The number of sulfone groups is 1. The lowest BCUT2D eigenvalue weighted by atomic mass is 10.1. The Labute approximate surface area is 134 Å². The second kappa shape index (κ2) is 6.49. The Morgan fingerprint density at radius 3 is 2.74 bits per heavy atom. The predicted molar refractivity (Wildman–Crippen MR) is 88.4 cm³/mol. The molecule has 8 heteroatoms. The summed E-state index contributed by atoms with van der Waals surface area (Å²) in [5, 5.41) is 3.05. The summed E-state index contributed by atoms with van der Waals surface area (Å²) in [6.45, 7) is 4.86. The number of aryl methyl sites for hydroxylation is 1. The van der Waals surface area contributed by atoms with Crippen LogP contribution in [0.5, 0.6) is 0 Å². The zero-order valence-electron chi connectivity index (χ0n) is 13.2. The van der Waals surface area contributed by atoms with Crippen molar-refractivity contribution in [2.24, 2.45) is 0 Å². The number of carbonyl (C=O) groups excluding carboxylic acids is 1. The molecule has 0 bridgehead atoms. The zero-order chi connectivity index (χ0) is 17.2. The van der Waals surface area contributed by atoms with Crippen molar-refractivity contribution in [3.8, 4) is 0 Å². The minimum Gasteiger partial charge on any atom is -0.349 e. The average Bonchev–Trinajstić information content (AvgIpc) is 2.45. The minimum atomic E-state index is -3.16. The van der Waals surface area contributed by atoms with Crippen LogP contribution < -0.4 is 10.9 Å². The number of aromatic nitrogens is 2. The summed E-state index contributed by atoms with van der Waals surface area (Å²) in [6.07, 6.45) is 0. The van der Waals surface area contributed by atoms with Crippen molar-refractivity contribution in [1.82, 2.24) is 15.3 Å². The molecule has 23 heavy (non-hydrogen) atoms. The van der Waals surface area contributed by atoms with Gasteiger partial charge in [-0.25, -0.2) is 13.4 Å². The summed E-state index contributed by atoms with van der Waals surface area (Å²) in [6, 6.07) is 4.07. The number of amides is 1. The van der Waals surface area contributed by atoms with Crippen molar-refractivity contribution >= 4 is 26.6 Å². The van der Waals surface area contributed by atoms with E-state index in [0.29, 0.717) is 22.3 Å². The molecule has 1 amide bonds. The first-order valence-electron chi connectivity index (χ1n) is 7.24. The van der Waals surface area contributed by atoms with E-state index in [9.17, 15) is 18.0 Å². The fourth-order valence-corrected chi connectivity index (χ4v) is 3.33. The number of hydrogen-bond donors (Lipinski definition) is 2. The molecule has 0 spiro atoms. The van der Waals surface area contributed by atoms with E-state index >= 15 is 0 Å². The van der Waals surface area contributed by atoms with Crippen LogP contribution in [0.25, 0.3) is 10.9 Å². The Balaban J connectivity index is 2.23. The van der Waals surface area contributed by atoms with E-state index in [1.165, 1.54) is 18.2 Å². The SMILES string of the molecule is CCS(=O)(=O)CC(C)NC(=O)c1ccc2c(=O)[nH]c(C)nc2c1. The Morgan fingerprint density at radius 1 is 1.39 bits per heavy atom. The lowest BCUT2D eigenvalue weighted by molar-refractivity contribution is 0.0943. The van der Waals surface area contributed by atoms with Crippen LogP contribution in [0.3, 0.4) is 0 Å². The van der Waals surface area contributed by atoms with Crippen LogP contribution in [0.2, 0.25) is 0 Å². The highest BCUT2D eigenvalue weighted by Crippen LogP contribution is 2.11. The fourth-order valence-electron chi connectivity index (χ4n) is 2.25. The van der Waals surface area contributed by atoms with Crippen molar-refractivity contribution < 1.29 is 13.2 Å². The molecule has 0 fully saturated rings. The second-order valence-electron chi connectivity index (χ2n) is 5.46. The van der Waals surface area contributed by atoms with Crippen LogP contribution in [0.1, 0.15) is 30.0 Å². The summed E-state index contributed by atoms with van der Waals surface area (Å²) in [4.78, 5) is 30.8. The molecule has 0 radical (unpaired) electrons. The van der Waals surface area contributed by atoms with Gasteiger partial charge in [0.05, 0.1) is 16.7 Å². The van der Waals surface area contributed by atoms with Crippen molar-refractivity contribution in [1.29, 1.82) is 0 Å². The van der Waals surface area contributed by atoms with Gasteiger partial charge in [-0.15, -0.1) is 0 Å². The number of H-pyrrole nitrogens is 1. The molecule has 0 aliphatic rings. The predicted octanol–water partition coefficient (Wildman–Crippen LogP) is 0.785. The first kappa shape index (κ1) is 17.1. The van der Waals surface area contributed by atoms with Crippen LogP contribution in [-0.4, -0.2) is 41.8 Å². The summed E-state index contributed by atoms with van der Waals surface area (Å²) >= 11 is 0. The summed E-state index contributed by atoms with van der Waals surface area (Å²) < 4.78 is 23.2. The molecule has 0 aliphatic heterocycles. The third kappa shape index (κ3) is 4.16. The number of carbonyl (C=O) groups is 1. The fraction of sp³-hybridized carbons (Fsp3) is 0.400. The molecular formula is C15H19N3O4S. The van der Waals surface area contributed by atoms with Gasteiger partial charge in [-0.1, -0.05) is 6.92 Å². The normalized spacial score (nSPS) is 13.0. The van der Waals surface area contributed by atoms with E-state index in [1.54, 1.807) is 20.8 Å². The Hall–Kier alpha value is -2.22. The molecule has 1 atom stereocenters. The maximum atomic E-state index is 12.2. The smallest absolute Gasteiger partial charge is 0.258 e. The highest BCUT2D eigenvalue weighted by molar-refractivity contribution is 7.91. The van der Waals surface area contributed by atoms with Crippen LogP contribution in [0.4, 0.5) is 0 Å². The second-order valence-corrected chi connectivity index (χ2v) is 7.85. The van der Waals surface area contributed by atoms with Gasteiger partial charge < -0.3 is 10.3 Å². The highest BCUT2D eigenvalue weighted by Gasteiger charge is 2.17. The third-order valence-electron chi connectivity index (χ3n) is 3.41. The van der Waals surface area contributed by atoms with Gasteiger partial charge in [0.25, 0.3) is 11.5 Å². The number of benzene rings is 1. The van der Waals surface area contributed by atoms with E-state index in [-0.39, 0.29) is 17.1 Å². The van der Waals surface area contributed by atoms with Crippen LogP contribution in [-0.2, 0) is 9.84 Å². The summed E-state index contributed by atoms with van der Waals surface area (Å²) in [5.41, 5.74) is 0.491. The summed E-state index contributed by atoms with van der Waals surface area (Å²) in [5.74, 6) is -0.0115. The zero-order valence-corrected chi connectivity index (χ0v) is 14.0. The molecule has 1 unspecified atom stereocenters. The van der Waals surface area contributed by atoms with E-state index < -0.39 is 21.8 Å². The average molecular weight is 337 g/mol. The van der Waals surface area contributed by atoms with Crippen LogP contribution in [0.15, 0.2) is 23.0 Å². The molecule has 2 rings (SSSR count). The number of hydrogen-bond acceptors (Lipinski definition) is 5. The van der Waals surface area contributed by atoms with Crippen molar-refractivity contribution in [3.63, 3.8) is 0 Å². The van der Waals surface area contributed by atoms with Crippen molar-refractivity contribution in [3.05, 3.63) is 39.9 Å². The van der Waals surface area contributed by atoms with E-state index in [1.807, 2.05) is 0 Å². The lowest BCUT2D eigenvalue weighted by Crippen LogP contribution is -2.38. The van der Waals surface area contributed by atoms with E-state index in [4.69, 9.17) is 0 Å². The Bertz CT molecular complexity index is 903. The van der Waals surface area contributed by atoms with Gasteiger partial charge in [0, 0.05) is 17.4 Å². The molecule has 1 aromatic heterocycles. The lowest BCUT2D eigenvalue weighted by Gasteiger charge is -2.13. The molecule has 0 aliphatic carbocycles. The molecule has 2 N–H and O–H groups in total. The first-order chi connectivity index (χ1) is 10.7. The Kier molecular flexibility index (Phi) is 4.84. The van der Waals surface area contributed by atoms with Crippen molar-refractivity contribution in [2.75, 3.05) is 11.5 Å². The number of nitrogens with zero attached hydrogens (tertiary/aromatic N) is 1. The first-order valence-corrected chi connectivity index (χ1v) is 9.06. The molecule has 1 aromatic carbocycles. The largest absolute Gasteiger partial charge is 0.349 e. The van der Waals surface area contributed by atoms with Crippen molar-refractivity contribution in [2.45, 2.75) is 26.8 Å². The van der Waals surface area contributed by atoms with Gasteiger partial charge in [0.15, 0.2) is 9.84 Å². The van der Waals surface area contributed by atoms with Gasteiger partial charge in [-0.2, -0.15) is 0 Å². The summed E-state index contributed by atoms with van der Waals surface area (Å²) in [7, 11) is -3.16. The third-order valence-corrected chi connectivity index (χ3v) is 5.30. The van der Waals surface area contributed by atoms with Gasteiger partial charge in [-0.05, 0) is 32.0 Å². The maximum Gasteiger partial charge on any atom is 0.258 e. The van der Waals surface area contributed by atoms with Gasteiger partial charge >= 0.3 is 0 Å². The molecule has 7 nitrogen and oxygen atoms in total. The van der Waals surface area contributed by atoms with E-state index in [2.05, 4.69) is 15.3 Å². The molecule has 0 saturated carbocycles. The van der Waals surface area contributed by atoms with Crippen LogP contribution in [0, 0.1) is 6.92 Å². The standard InChI is InChI=1S/C15H19N3O4S/c1-4-23(21,22)8-9(2)16-14(19)11-5-6-12-13(7-11)17-10(3)18-15(12)20/h5-7,9H,4,8H2,1-3H3,(H,16,19)(H,17,18,20). The topological polar surface area (TPSA) is 109 Å². The van der Waals surface area contributed by atoms with Gasteiger partial charge in [-0.3, -0.25) is 9.59 Å². The van der Waals surface area contributed by atoms with Gasteiger partial charge in [0.2, 0.25) is 0 Å². The van der Waals surface area contributed by atoms with Gasteiger partial charge in [0.1, 0.15) is 5.82 Å². The molecule has 2 aromatic rings. The maximum absolute atomic E-state index is 12.2. The quantitative estimate of drug-likeness (QED) is 0.838. The van der Waals surface area contributed by atoms with E-state index in [0.717, 1.165) is 0 Å². The van der Waals surface area contributed by atoms with Crippen LogP contribution >= 0.6 is 0 Å². The number of nitrogens with one attached hydrogen (secondary N) is 2. The molecular weight excluding hydrogens is 318 g/mol. The Morgan fingerprint density at radius 2 is 2.09 bits per heavy atom. The minimum absolute atomic E-state index is 0.0369.